The van der Waals surface area contributed by atoms with Crippen molar-refractivity contribution in [3.63, 3.8) is 0 Å². The van der Waals surface area contributed by atoms with Crippen LogP contribution in [-0.2, 0) is 14.3 Å². The minimum Gasteiger partial charge on any atom is -0.496 e. The van der Waals surface area contributed by atoms with Gasteiger partial charge in [0.15, 0.2) is 6.29 Å². The number of amides is 1. The number of hydrogen-bond donors (Lipinski definition) is 2. The van der Waals surface area contributed by atoms with Crippen molar-refractivity contribution in [1.82, 2.24) is 10.3 Å². The molecule has 2 N–H and O–H groups in total. The number of methoxy groups -OCH3 is 3. The minimum absolute atomic E-state index is 0.164. The number of aryl methyl sites for hydroxylation is 1. The molecular weight excluding hydrogens is 436 g/mol. The van der Waals surface area contributed by atoms with Crippen molar-refractivity contribution >= 4 is 11.6 Å². The van der Waals surface area contributed by atoms with E-state index in [1.54, 1.807) is 18.3 Å². The summed E-state index contributed by atoms with van der Waals surface area (Å²) in [6.07, 6.45) is 1.16. The third-order valence-electron chi connectivity index (χ3n) is 5.72. The summed E-state index contributed by atoms with van der Waals surface area (Å²) in [4.78, 5) is 18.1. The molecule has 0 saturated heterocycles. The highest BCUT2D eigenvalue weighted by molar-refractivity contribution is 5.99. The average Bonchev–Trinajstić information content (AvgIpc) is 2.85. The van der Waals surface area contributed by atoms with E-state index in [1.165, 1.54) is 21.3 Å². The lowest BCUT2D eigenvalue weighted by molar-refractivity contribution is -0.124. The number of benzene rings is 1. The second-order valence-electron chi connectivity index (χ2n) is 7.74. The van der Waals surface area contributed by atoms with Crippen molar-refractivity contribution in [3.05, 3.63) is 57.9 Å². The highest BCUT2D eigenvalue weighted by Gasteiger charge is 2.37. The fourth-order valence-electron chi connectivity index (χ4n) is 4.08. The van der Waals surface area contributed by atoms with Gasteiger partial charge in [-0.25, -0.2) is 4.98 Å². The summed E-state index contributed by atoms with van der Waals surface area (Å²) >= 11 is 0. The van der Waals surface area contributed by atoms with Gasteiger partial charge in [0.25, 0.3) is 0 Å². The molecule has 0 saturated carbocycles. The SMILES string of the molecule is CCOc1ncc(C)c2c1C(c1ccc(C#N)cc1OC)C(C(=O)NCC(OC)OC)=C(C)N2. The maximum Gasteiger partial charge on any atom is 0.250 e. The number of ether oxygens (including phenoxy) is 4. The largest absolute Gasteiger partial charge is 0.496 e. The fraction of sp³-hybridized carbons (Fsp3) is 0.400. The van der Waals surface area contributed by atoms with Crippen molar-refractivity contribution in [1.29, 1.82) is 5.26 Å². The highest BCUT2D eigenvalue weighted by Crippen LogP contribution is 2.49. The predicted octanol–water partition coefficient (Wildman–Crippen LogP) is 3.24. The fourth-order valence-corrected chi connectivity index (χ4v) is 4.08. The number of nitrogens with one attached hydrogen (secondary N) is 2. The molecule has 0 radical (unpaired) electrons. The van der Waals surface area contributed by atoms with Gasteiger partial charge in [0.2, 0.25) is 11.8 Å². The summed E-state index contributed by atoms with van der Waals surface area (Å²) in [6, 6.07) is 7.31. The second kappa shape index (κ2) is 11.0. The summed E-state index contributed by atoms with van der Waals surface area (Å²) in [6.45, 7) is 6.25. The number of nitrogens with zero attached hydrogens (tertiary/aromatic N) is 2. The quantitative estimate of drug-likeness (QED) is 0.542. The van der Waals surface area contributed by atoms with Crippen molar-refractivity contribution in [2.24, 2.45) is 0 Å². The molecule has 1 atom stereocenters. The van der Waals surface area contributed by atoms with Gasteiger partial charge < -0.3 is 29.6 Å². The van der Waals surface area contributed by atoms with Crippen LogP contribution in [0.15, 0.2) is 35.7 Å². The maximum atomic E-state index is 13.5. The summed E-state index contributed by atoms with van der Waals surface area (Å²) in [5.41, 5.74) is 4.81. The molecule has 2 heterocycles. The predicted molar refractivity (Wildman–Crippen MR) is 127 cm³/mol. The van der Waals surface area contributed by atoms with E-state index in [-0.39, 0.29) is 12.5 Å². The molecule has 9 nitrogen and oxygen atoms in total. The van der Waals surface area contributed by atoms with Crippen LogP contribution in [0.2, 0.25) is 0 Å². The normalized spacial score (nSPS) is 14.8. The summed E-state index contributed by atoms with van der Waals surface area (Å²) < 4.78 is 22.0. The van der Waals surface area contributed by atoms with Crippen LogP contribution in [0.1, 0.15) is 42.0 Å². The van der Waals surface area contributed by atoms with E-state index in [0.29, 0.717) is 35.1 Å². The van der Waals surface area contributed by atoms with Gasteiger partial charge >= 0.3 is 0 Å². The van der Waals surface area contributed by atoms with E-state index in [4.69, 9.17) is 18.9 Å². The molecule has 2 aromatic rings. The number of hydrogen-bond acceptors (Lipinski definition) is 8. The second-order valence-corrected chi connectivity index (χ2v) is 7.74. The molecule has 1 aromatic carbocycles. The molecule has 3 rings (SSSR count). The van der Waals surface area contributed by atoms with Gasteiger partial charge in [-0.15, -0.1) is 0 Å². The lowest BCUT2D eigenvalue weighted by Gasteiger charge is -2.33. The van der Waals surface area contributed by atoms with Crippen molar-refractivity contribution in [2.75, 3.05) is 39.8 Å². The number of nitriles is 1. The van der Waals surface area contributed by atoms with E-state index in [0.717, 1.165) is 22.4 Å². The molecule has 1 amide bonds. The molecule has 0 fully saturated rings. The lowest BCUT2D eigenvalue weighted by Crippen LogP contribution is -2.38. The van der Waals surface area contributed by atoms with E-state index in [2.05, 4.69) is 21.7 Å². The molecule has 1 unspecified atom stereocenters. The Kier molecular flexibility index (Phi) is 8.10. The molecule has 34 heavy (non-hydrogen) atoms. The number of anilines is 1. The van der Waals surface area contributed by atoms with Crippen LogP contribution >= 0.6 is 0 Å². The summed E-state index contributed by atoms with van der Waals surface area (Å²) in [5.74, 6) is 0.0636. The molecular formula is C25H30N4O5. The van der Waals surface area contributed by atoms with Crippen molar-refractivity contribution < 1.29 is 23.7 Å². The van der Waals surface area contributed by atoms with E-state index >= 15 is 0 Å². The van der Waals surface area contributed by atoms with Gasteiger partial charge in [0.05, 0.1) is 49.1 Å². The topological polar surface area (TPSA) is 115 Å². The van der Waals surface area contributed by atoms with Crippen molar-refractivity contribution in [3.8, 4) is 17.7 Å². The Balaban J connectivity index is 2.23. The van der Waals surface area contributed by atoms with Crippen LogP contribution in [0.3, 0.4) is 0 Å². The number of rotatable bonds is 9. The van der Waals surface area contributed by atoms with Crippen molar-refractivity contribution in [2.45, 2.75) is 33.0 Å². The Bertz CT molecular complexity index is 1130. The van der Waals surface area contributed by atoms with Gasteiger partial charge in [-0.3, -0.25) is 4.79 Å². The number of allylic oxidation sites excluding steroid dienone is 1. The average molecular weight is 467 g/mol. The zero-order chi connectivity index (χ0) is 24.8. The summed E-state index contributed by atoms with van der Waals surface area (Å²) in [5, 5.41) is 15.7. The van der Waals surface area contributed by atoms with Gasteiger partial charge in [-0.1, -0.05) is 6.07 Å². The Morgan fingerprint density at radius 2 is 2.00 bits per heavy atom. The number of aromatic nitrogens is 1. The standard InChI is InChI=1S/C25H30N4O5/c1-7-34-25-22-21(17-9-8-16(11-26)10-18(17)31-4)20(24(30)27-13-19(32-5)33-6)15(3)29-23(22)14(2)12-28-25/h8-10,12,19,21,29H,7,13H2,1-6H3,(H,27,30). The first kappa shape index (κ1) is 25.0. The van der Waals surface area contributed by atoms with E-state index in [9.17, 15) is 10.1 Å². The first-order valence-corrected chi connectivity index (χ1v) is 10.9. The number of carbonyl (C=O) groups excluding carboxylic acids is 1. The van der Waals surface area contributed by atoms with Crippen LogP contribution in [0.25, 0.3) is 0 Å². The molecule has 9 heteroatoms. The summed E-state index contributed by atoms with van der Waals surface area (Å²) in [7, 11) is 4.56. The van der Waals surface area contributed by atoms with Gasteiger partial charge in [0, 0.05) is 37.3 Å². The Morgan fingerprint density at radius 3 is 2.62 bits per heavy atom. The van der Waals surface area contributed by atoms with E-state index < -0.39 is 12.2 Å². The Labute approximate surface area is 199 Å². The smallest absolute Gasteiger partial charge is 0.250 e. The van der Waals surface area contributed by atoms with E-state index in [1.807, 2.05) is 26.8 Å². The molecule has 0 bridgehead atoms. The van der Waals surface area contributed by atoms with Crippen LogP contribution in [0.5, 0.6) is 11.6 Å². The molecule has 0 aliphatic carbocycles. The van der Waals surface area contributed by atoms with Gasteiger partial charge in [0.1, 0.15) is 5.75 Å². The minimum atomic E-state index is -0.584. The first-order chi connectivity index (χ1) is 16.4. The van der Waals surface area contributed by atoms with Crippen LogP contribution in [0.4, 0.5) is 5.69 Å². The number of carbonyl (C=O) groups is 1. The Morgan fingerprint density at radius 1 is 1.26 bits per heavy atom. The lowest BCUT2D eigenvalue weighted by atomic mass is 9.79. The molecule has 1 aliphatic rings. The number of pyridine rings is 1. The third-order valence-corrected chi connectivity index (χ3v) is 5.72. The highest BCUT2D eigenvalue weighted by atomic mass is 16.7. The third kappa shape index (κ3) is 4.83. The van der Waals surface area contributed by atoms with Crippen LogP contribution in [-0.4, -0.2) is 51.7 Å². The molecule has 0 spiro atoms. The zero-order valence-electron chi connectivity index (χ0n) is 20.3. The molecule has 1 aromatic heterocycles. The monoisotopic (exact) mass is 466 g/mol. The zero-order valence-corrected chi connectivity index (χ0v) is 20.3. The molecule has 1 aliphatic heterocycles. The number of fused-ring (bicyclic) bond motifs is 1. The Hall–Kier alpha value is -3.61. The first-order valence-electron chi connectivity index (χ1n) is 10.9. The maximum absolute atomic E-state index is 13.5. The van der Waals surface area contributed by atoms with Crippen LogP contribution < -0.4 is 20.1 Å². The van der Waals surface area contributed by atoms with Gasteiger partial charge in [-0.05, 0) is 38.5 Å². The van der Waals surface area contributed by atoms with Gasteiger partial charge in [-0.2, -0.15) is 5.26 Å². The van der Waals surface area contributed by atoms with Crippen LogP contribution in [0, 0.1) is 18.3 Å². The molecule has 180 valence electrons.